The van der Waals surface area contributed by atoms with Gasteiger partial charge in [0, 0.05) is 10.6 Å². The van der Waals surface area contributed by atoms with Crippen molar-refractivity contribution < 1.29 is 22.7 Å². The minimum atomic E-state index is -4.31. The van der Waals surface area contributed by atoms with Crippen molar-refractivity contribution in [2.24, 2.45) is 5.73 Å². The molecule has 0 unspecified atom stereocenters. The molecule has 0 atom stereocenters. The third-order valence-corrected chi connectivity index (χ3v) is 5.99. The Labute approximate surface area is 173 Å². The van der Waals surface area contributed by atoms with E-state index in [1.165, 1.54) is 12.1 Å². The van der Waals surface area contributed by atoms with Gasteiger partial charge < -0.3 is 15.8 Å². The number of fused-ring (bicyclic) bond motifs is 1. The van der Waals surface area contributed by atoms with Crippen LogP contribution in [0.1, 0.15) is 21.5 Å². The Kier molecular flexibility index (Phi) is 6.41. The zero-order valence-corrected chi connectivity index (χ0v) is 17.0. The van der Waals surface area contributed by atoms with Gasteiger partial charge in [-0.3, -0.25) is 9.59 Å². The number of carbonyl (C=O) groups excluding carboxylic acids is 2. The summed E-state index contributed by atoms with van der Waals surface area (Å²) in [6, 6.07) is 8.97. The summed E-state index contributed by atoms with van der Waals surface area (Å²) in [5.41, 5.74) is 7.41. The zero-order valence-electron chi connectivity index (χ0n) is 15.4. The number of nitrogens with two attached hydrogens (primary N) is 1. The van der Waals surface area contributed by atoms with Crippen molar-refractivity contribution in [3.8, 4) is 5.75 Å². The van der Waals surface area contributed by atoms with E-state index in [0.717, 1.165) is 43.1 Å². The number of rotatable bonds is 6. The summed E-state index contributed by atoms with van der Waals surface area (Å²) in [5.74, 6) is -1.68. The molecule has 2 aromatic rings. The van der Waals surface area contributed by atoms with Crippen molar-refractivity contribution >= 4 is 33.4 Å². The predicted molar refractivity (Wildman–Crippen MR) is 108 cm³/mol. The number of primary amides is 1. The Bertz CT molecular complexity index is 1060. The minimum Gasteiger partial charge on any atom is -0.482 e. The summed E-state index contributed by atoms with van der Waals surface area (Å²) in [5, 5.41) is 3.40. The van der Waals surface area contributed by atoms with Gasteiger partial charge in [-0.25, -0.2) is 13.1 Å². The van der Waals surface area contributed by atoms with E-state index < -0.39 is 28.4 Å². The van der Waals surface area contributed by atoms with Crippen LogP contribution in [0.15, 0.2) is 41.3 Å². The lowest BCUT2D eigenvalue weighted by Crippen LogP contribution is -2.31. The van der Waals surface area contributed by atoms with Crippen LogP contribution in [-0.2, 0) is 27.7 Å². The summed E-state index contributed by atoms with van der Waals surface area (Å²) < 4.78 is 32.7. The van der Waals surface area contributed by atoms with E-state index >= 15 is 0 Å². The standard InChI is InChI=1S/C19H20ClN3O5S/c20-15-3-4-16(28-11-18(21)24)17(10-15)29(26,27)23-19(25)14-2-1-12-5-7-22-8-6-13(12)9-14/h1-4,9-10,22H,5-8,11H2,(H2,21,24)(H,23,25). The Balaban J connectivity index is 1.86. The summed E-state index contributed by atoms with van der Waals surface area (Å²) in [6.07, 6.45) is 1.60. The van der Waals surface area contributed by atoms with Crippen LogP contribution in [0.2, 0.25) is 5.02 Å². The second kappa shape index (κ2) is 8.81. The second-order valence-corrected chi connectivity index (χ2v) is 8.60. The summed E-state index contributed by atoms with van der Waals surface area (Å²) >= 11 is 5.90. The van der Waals surface area contributed by atoms with Crippen molar-refractivity contribution in [1.82, 2.24) is 10.0 Å². The number of halogens is 1. The number of benzene rings is 2. The highest BCUT2D eigenvalue weighted by atomic mass is 35.5. The highest BCUT2D eigenvalue weighted by Gasteiger charge is 2.24. The van der Waals surface area contributed by atoms with Gasteiger partial charge in [0.1, 0.15) is 10.6 Å². The molecule has 154 valence electrons. The van der Waals surface area contributed by atoms with Crippen molar-refractivity contribution in [2.45, 2.75) is 17.7 Å². The molecule has 2 amide bonds. The molecular formula is C19H20ClN3O5S. The second-order valence-electron chi connectivity index (χ2n) is 6.51. The lowest BCUT2D eigenvalue weighted by Gasteiger charge is -2.13. The molecule has 29 heavy (non-hydrogen) atoms. The largest absolute Gasteiger partial charge is 0.482 e. The molecule has 0 aromatic heterocycles. The van der Waals surface area contributed by atoms with Gasteiger partial charge in [-0.1, -0.05) is 17.7 Å². The highest BCUT2D eigenvalue weighted by Crippen LogP contribution is 2.27. The van der Waals surface area contributed by atoms with Gasteiger partial charge >= 0.3 is 0 Å². The number of sulfonamides is 1. The molecule has 0 radical (unpaired) electrons. The van der Waals surface area contributed by atoms with Gasteiger partial charge in [0.05, 0.1) is 0 Å². The molecular weight excluding hydrogens is 418 g/mol. The normalized spacial score (nSPS) is 13.8. The molecule has 1 aliphatic rings. The van der Waals surface area contributed by atoms with Crippen LogP contribution >= 0.6 is 11.6 Å². The van der Waals surface area contributed by atoms with E-state index in [1.807, 2.05) is 10.8 Å². The van der Waals surface area contributed by atoms with Gasteiger partial charge in [0.2, 0.25) is 0 Å². The number of hydrogen-bond donors (Lipinski definition) is 3. The average molecular weight is 438 g/mol. The molecule has 1 heterocycles. The number of amides is 2. The Morgan fingerprint density at radius 2 is 1.83 bits per heavy atom. The maximum absolute atomic E-state index is 12.8. The van der Waals surface area contributed by atoms with Crippen molar-refractivity contribution in [1.29, 1.82) is 0 Å². The predicted octanol–water partition coefficient (Wildman–Crippen LogP) is 1.01. The SMILES string of the molecule is NC(=O)COc1ccc(Cl)cc1S(=O)(=O)NC(=O)c1ccc2c(c1)CCNCC2. The summed E-state index contributed by atoms with van der Waals surface area (Å²) in [4.78, 5) is 23.2. The maximum Gasteiger partial charge on any atom is 0.268 e. The van der Waals surface area contributed by atoms with E-state index in [0.29, 0.717) is 0 Å². The fourth-order valence-corrected chi connectivity index (χ4v) is 4.39. The minimum absolute atomic E-state index is 0.127. The van der Waals surface area contributed by atoms with Crippen molar-refractivity contribution in [3.63, 3.8) is 0 Å². The van der Waals surface area contributed by atoms with E-state index in [9.17, 15) is 18.0 Å². The quantitative estimate of drug-likeness (QED) is 0.618. The van der Waals surface area contributed by atoms with Crippen LogP contribution < -0.4 is 20.5 Å². The molecule has 8 nitrogen and oxygen atoms in total. The fraction of sp³-hybridized carbons (Fsp3) is 0.263. The van der Waals surface area contributed by atoms with Crippen molar-refractivity contribution in [2.75, 3.05) is 19.7 Å². The van der Waals surface area contributed by atoms with Gasteiger partial charge in [-0.05, 0) is 67.4 Å². The van der Waals surface area contributed by atoms with Crippen molar-refractivity contribution in [3.05, 3.63) is 58.1 Å². The Morgan fingerprint density at radius 1 is 1.10 bits per heavy atom. The third kappa shape index (κ3) is 5.26. The highest BCUT2D eigenvalue weighted by molar-refractivity contribution is 7.90. The number of ether oxygens (including phenoxy) is 1. The number of carbonyl (C=O) groups is 2. The molecule has 4 N–H and O–H groups in total. The molecule has 0 saturated carbocycles. The van der Waals surface area contributed by atoms with Crippen LogP contribution in [-0.4, -0.2) is 39.9 Å². The molecule has 0 spiro atoms. The van der Waals surface area contributed by atoms with E-state index in [-0.39, 0.29) is 21.2 Å². The molecule has 0 fully saturated rings. The maximum atomic E-state index is 12.8. The smallest absolute Gasteiger partial charge is 0.268 e. The monoisotopic (exact) mass is 437 g/mol. The first-order valence-electron chi connectivity index (χ1n) is 8.86. The van der Waals surface area contributed by atoms with Gasteiger partial charge in [-0.2, -0.15) is 0 Å². The molecule has 10 heteroatoms. The van der Waals surface area contributed by atoms with Crippen LogP contribution in [0.4, 0.5) is 0 Å². The Morgan fingerprint density at radius 3 is 2.55 bits per heavy atom. The lowest BCUT2D eigenvalue weighted by atomic mass is 10.00. The van der Waals surface area contributed by atoms with E-state index in [2.05, 4.69) is 5.32 Å². The van der Waals surface area contributed by atoms with Crippen LogP contribution in [0.3, 0.4) is 0 Å². The first-order chi connectivity index (χ1) is 13.8. The number of nitrogens with one attached hydrogen (secondary N) is 2. The van der Waals surface area contributed by atoms with Crippen LogP contribution in [0, 0.1) is 0 Å². The van der Waals surface area contributed by atoms with E-state index in [1.54, 1.807) is 12.1 Å². The lowest BCUT2D eigenvalue weighted by molar-refractivity contribution is -0.120. The summed E-state index contributed by atoms with van der Waals surface area (Å²) in [7, 11) is -4.31. The summed E-state index contributed by atoms with van der Waals surface area (Å²) in [6.45, 7) is 1.13. The fourth-order valence-electron chi connectivity index (χ4n) is 3.01. The molecule has 3 rings (SSSR count). The third-order valence-electron chi connectivity index (χ3n) is 4.40. The molecule has 0 aliphatic carbocycles. The van der Waals surface area contributed by atoms with Gasteiger partial charge in [-0.15, -0.1) is 0 Å². The van der Waals surface area contributed by atoms with Crippen LogP contribution in [0.5, 0.6) is 5.75 Å². The first-order valence-corrected chi connectivity index (χ1v) is 10.7. The molecule has 2 aromatic carbocycles. The van der Waals surface area contributed by atoms with E-state index in [4.69, 9.17) is 22.1 Å². The van der Waals surface area contributed by atoms with Gasteiger partial charge in [0.15, 0.2) is 6.61 Å². The molecule has 0 bridgehead atoms. The number of hydrogen-bond acceptors (Lipinski definition) is 6. The zero-order chi connectivity index (χ0) is 21.0. The molecule has 1 aliphatic heterocycles. The Hall–Kier alpha value is -2.62. The average Bonchev–Trinajstić information content (AvgIpc) is 2.91. The topological polar surface area (TPSA) is 128 Å². The molecule has 0 saturated heterocycles. The van der Waals surface area contributed by atoms with Gasteiger partial charge in [0.25, 0.3) is 21.8 Å². The van der Waals surface area contributed by atoms with Crippen LogP contribution in [0.25, 0.3) is 0 Å². The first kappa shape index (κ1) is 21.1.